The van der Waals surface area contributed by atoms with Gasteiger partial charge in [-0.2, -0.15) is 0 Å². The summed E-state index contributed by atoms with van der Waals surface area (Å²) in [6.45, 7) is 2.17. The van der Waals surface area contributed by atoms with Crippen molar-refractivity contribution in [2.24, 2.45) is 0 Å². The number of hydrogen-bond acceptors (Lipinski definition) is 2. The van der Waals surface area contributed by atoms with Gasteiger partial charge in [-0.25, -0.2) is 9.97 Å². The Labute approximate surface area is 134 Å². The molecule has 2 aromatic carbocycles. The van der Waals surface area contributed by atoms with E-state index in [4.69, 9.17) is 0 Å². The molecule has 0 saturated heterocycles. The van der Waals surface area contributed by atoms with E-state index in [1.165, 1.54) is 11.1 Å². The molecule has 0 aliphatic heterocycles. The van der Waals surface area contributed by atoms with Crippen molar-refractivity contribution in [1.82, 2.24) is 19.9 Å². The number of aromatic amines is 2. The third-order valence-corrected chi connectivity index (χ3v) is 3.98. The predicted octanol–water partition coefficient (Wildman–Crippen LogP) is 4.92. The molecule has 4 aromatic rings. The first-order valence-electron chi connectivity index (χ1n) is 7.93. The fraction of sp³-hybridized carbons (Fsp3) is 0.158. The molecule has 23 heavy (non-hydrogen) atoms. The van der Waals surface area contributed by atoms with Crippen LogP contribution in [-0.4, -0.2) is 19.9 Å². The normalized spacial score (nSPS) is 11.9. The van der Waals surface area contributed by atoms with Crippen LogP contribution in [-0.2, 0) is 0 Å². The molecule has 2 N–H and O–H groups in total. The van der Waals surface area contributed by atoms with Gasteiger partial charge in [0.1, 0.15) is 5.82 Å². The number of benzene rings is 2. The minimum atomic E-state index is 0.912. The van der Waals surface area contributed by atoms with Crippen LogP contribution in [0.3, 0.4) is 0 Å². The molecule has 0 saturated carbocycles. The van der Waals surface area contributed by atoms with E-state index >= 15 is 0 Å². The number of aromatic nitrogens is 4. The standard InChI is InChI=1S/C19H18N4/c1-2-3-4-5-19-22-16-9-7-14(11-18(16)23-19)13-6-8-15-17(10-13)21-12-20-15/h4-12H,2-3H2,1H3,(H,20,21)(H,22,23). The Balaban J connectivity index is 1.72. The van der Waals surface area contributed by atoms with Crippen LogP contribution < -0.4 is 0 Å². The lowest BCUT2D eigenvalue weighted by Gasteiger charge is -2.01. The summed E-state index contributed by atoms with van der Waals surface area (Å²) in [7, 11) is 0. The average molecular weight is 302 g/mol. The van der Waals surface area contributed by atoms with E-state index < -0.39 is 0 Å². The molecule has 2 aromatic heterocycles. The number of H-pyrrole nitrogens is 2. The van der Waals surface area contributed by atoms with E-state index in [2.05, 4.69) is 69.3 Å². The van der Waals surface area contributed by atoms with E-state index in [0.29, 0.717) is 0 Å². The first kappa shape index (κ1) is 13.8. The number of nitrogens with zero attached hydrogens (tertiary/aromatic N) is 2. The fourth-order valence-corrected chi connectivity index (χ4v) is 2.76. The zero-order valence-corrected chi connectivity index (χ0v) is 13.0. The monoisotopic (exact) mass is 302 g/mol. The van der Waals surface area contributed by atoms with Crippen LogP contribution in [0.4, 0.5) is 0 Å². The van der Waals surface area contributed by atoms with Gasteiger partial charge in [-0.1, -0.05) is 31.6 Å². The zero-order chi connectivity index (χ0) is 15.6. The average Bonchev–Trinajstić information content (AvgIpc) is 3.19. The second-order valence-electron chi connectivity index (χ2n) is 5.68. The van der Waals surface area contributed by atoms with Gasteiger partial charge in [0.2, 0.25) is 0 Å². The molecule has 4 rings (SSSR count). The Morgan fingerprint density at radius 3 is 2.61 bits per heavy atom. The molecule has 0 radical (unpaired) electrons. The van der Waals surface area contributed by atoms with Crippen LogP contribution in [0.15, 0.2) is 48.8 Å². The van der Waals surface area contributed by atoms with Crippen molar-refractivity contribution in [3.63, 3.8) is 0 Å². The Morgan fingerprint density at radius 2 is 1.78 bits per heavy atom. The minimum absolute atomic E-state index is 0.912. The largest absolute Gasteiger partial charge is 0.345 e. The zero-order valence-electron chi connectivity index (χ0n) is 13.0. The number of imidazole rings is 2. The summed E-state index contributed by atoms with van der Waals surface area (Å²) >= 11 is 0. The maximum Gasteiger partial charge on any atom is 0.130 e. The van der Waals surface area contributed by atoms with Crippen molar-refractivity contribution < 1.29 is 0 Å². The van der Waals surface area contributed by atoms with E-state index in [-0.39, 0.29) is 0 Å². The summed E-state index contributed by atoms with van der Waals surface area (Å²) in [4.78, 5) is 15.4. The van der Waals surface area contributed by atoms with Gasteiger partial charge in [-0.15, -0.1) is 0 Å². The number of hydrogen-bond donors (Lipinski definition) is 2. The molecule has 0 amide bonds. The summed E-state index contributed by atoms with van der Waals surface area (Å²) in [5.41, 5.74) is 6.43. The molecule has 0 spiro atoms. The van der Waals surface area contributed by atoms with Crippen molar-refractivity contribution >= 4 is 28.1 Å². The lowest BCUT2D eigenvalue weighted by molar-refractivity contribution is 0.961. The van der Waals surface area contributed by atoms with Gasteiger partial charge in [0.05, 0.1) is 28.4 Å². The summed E-state index contributed by atoms with van der Waals surface area (Å²) in [6, 6.07) is 12.6. The quantitative estimate of drug-likeness (QED) is 0.562. The molecule has 0 aliphatic rings. The van der Waals surface area contributed by atoms with E-state index in [1.54, 1.807) is 6.33 Å². The third kappa shape index (κ3) is 2.63. The number of allylic oxidation sites excluding steroid dienone is 1. The van der Waals surface area contributed by atoms with Crippen molar-refractivity contribution in [2.45, 2.75) is 19.8 Å². The highest BCUT2D eigenvalue weighted by Crippen LogP contribution is 2.26. The highest BCUT2D eigenvalue weighted by atomic mass is 14.9. The van der Waals surface area contributed by atoms with E-state index in [0.717, 1.165) is 40.7 Å². The van der Waals surface area contributed by atoms with Crippen LogP contribution in [0.2, 0.25) is 0 Å². The minimum Gasteiger partial charge on any atom is -0.345 e. The van der Waals surface area contributed by atoms with Crippen LogP contribution in [0.5, 0.6) is 0 Å². The molecular weight excluding hydrogens is 284 g/mol. The maximum absolute atomic E-state index is 4.60. The molecule has 114 valence electrons. The Bertz CT molecular complexity index is 991. The molecule has 0 fully saturated rings. The number of rotatable bonds is 4. The molecule has 0 bridgehead atoms. The van der Waals surface area contributed by atoms with Crippen molar-refractivity contribution in [3.8, 4) is 11.1 Å². The van der Waals surface area contributed by atoms with Crippen LogP contribution in [0, 0.1) is 0 Å². The first-order chi connectivity index (χ1) is 11.3. The van der Waals surface area contributed by atoms with Gasteiger partial charge in [-0.3, -0.25) is 0 Å². The molecule has 0 atom stereocenters. The molecule has 4 heteroatoms. The smallest absolute Gasteiger partial charge is 0.130 e. The second-order valence-corrected chi connectivity index (χ2v) is 5.68. The van der Waals surface area contributed by atoms with Crippen LogP contribution in [0.25, 0.3) is 39.3 Å². The van der Waals surface area contributed by atoms with E-state index in [1.807, 2.05) is 6.07 Å². The Morgan fingerprint density at radius 1 is 1.00 bits per heavy atom. The third-order valence-electron chi connectivity index (χ3n) is 3.98. The van der Waals surface area contributed by atoms with Crippen molar-refractivity contribution in [3.05, 3.63) is 54.6 Å². The van der Waals surface area contributed by atoms with E-state index in [9.17, 15) is 0 Å². The van der Waals surface area contributed by atoms with Gasteiger partial charge >= 0.3 is 0 Å². The first-order valence-corrected chi connectivity index (χ1v) is 7.93. The maximum atomic E-state index is 4.60. The molecular formula is C19H18N4. The number of nitrogens with one attached hydrogen (secondary N) is 2. The van der Waals surface area contributed by atoms with Gasteiger partial charge in [0.25, 0.3) is 0 Å². The SMILES string of the molecule is CCCC=Cc1nc2ccc(-c3ccc4nc[nH]c4c3)cc2[nH]1. The molecule has 0 unspecified atom stereocenters. The number of unbranched alkanes of at least 4 members (excludes halogenated alkanes) is 1. The van der Waals surface area contributed by atoms with Gasteiger partial charge < -0.3 is 9.97 Å². The highest BCUT2D eigenvalue weighted by molar-refractivity contribution is 5.86. The van der Waals surface area contributed by atoms with Gasteiger partial charge in [0, 0.05) is 0 Å². The predicted molar refractivity (Wildman–Crippen MR) is 95.1 cm³/mol. The highest BCUT2D eigenvalue weighted by Gasteiger charge is 2.05. The van der Waals surface area contributed by atoms with Crippen LogP contribution in [0.1, 0.15) is 25.6 Å². The molecule has 4 nitrogen and oxygen atoms in total. The van der Waals surface area contributed by atoms with Crippen molar-refractivity contribution in [2.75, 3.05) is 0 Å². The fourth-order valence-electron chi connectivity index (χ4n) is 2.76. The lowest BCUT2D eigenvalue weighted by atomic mass is 10.0. The van der Waals surface area contributed by atoms with Crippen molar-refractivity contribution in [1.29, 1.82) is 0 Å². The Hall–Kier alpha value is -2.88. The topological polar surface area (TPSA) is 57.4 Å². The summed E-state index contributed by atoms with van der Waals surface area (Å²) in [5, 5.41) is 0. The summed E-state index contributed by atoms with van der Waals surface area (Å²) in [5.74, 6) is 0.912. The number of fused-ring (bicyclic) bond motifs is 2. The summed E-state index contributed by atoms with van der Waals surface area (Å²) in [6.07, 6.45) is 8.16. The molecule has 0 aliphatic carbocycles. The molecule has 2 heterocycles. The van der Waals surface area contributed by atoms with Gasteiger partial charge in [0.15, 0.2) is 0 Å². The van der Waals surface area contributed by atoms with Gasteiger partial charge in [-0.05, 0) is 47.9 Å². The lowest BCUT2D eigenvalue weighted by Crippen LogP contribution is -1.79. The summed E-state index contributed by atoms with van der Waals surface area (Å²) < 4.78 is 0. The second kappa shape index (κ2) is 5.72. The Kier molecular flexibility index (Phi) is 3.42. The van der Waals surface area contributed by atoms with Crippen LogP contribution >= 0.6 is 0 Å².